The summed E-state index contributed by atoms with van der Waals surface area (Å²) >= 11 is 3.19. The SMILES string of the molecule is [Se]=c1c(N2CCOCC2)c1N1CCOCC1. The molecule has 2 aliphatic heterocycles. The molecule has 0 spiro atoms. The van der Waals surface area contributed by atoms with E-state index in [2.05, 4.69) is 25.4 Å². The molecule has 0 atom stereocenters. The predicted octanol–water partition coefficient (Wildman–Crippen LogP) is -0.0641. The quantitative estimate of drug-likeness (QED) is 0.711. The maximum absolute atomic E-state index is 5.38. The van der Waals surface area contributed by atoms with Gasteiger partial charge in [-0.3, -0.25) is 0 Å². The van der Waals surface area contributed by atoms with E-state index < -0.39 is 0 Å². The van der Waals surface area contributed by atoms with Crippen LogP contribution in [0, 0.1) is 4.06 Å². The summed E-state index contributed by atoms with van der Waals surface area (Å²) in [5, 5.41) is 0. The summed E-state index contributed by atoms with van der Waals surface area (Å²) in [6.07, 6.45) is 0. The standard InChI is InChI=1S/C11H16N2O2Se/c16-11-9(12-1-5-14-6-2-12)10(11)13-3-7-15-8-4-13/h1-8H2. The topological polar surface area (TPSA) is 24.9 Å². The second-order valence-electron chi connectivity index (χ2n) is 4.23. The number of anilines is 2. The molecule has 2 aliphatic rings. The van der Waals surface area contributed by atoms with Gasteiger partial charge in [-0.2, -0.15) is 0 Å². The monoisotopic (exact) mass is 288 g/mol. The molecule has 0 amide bonds. The number of ether oxygens (including phenoxy) is 2. The zero-order chi connectivity index (χ0) is 11.0. The van der Waals surface area contributed by atoms with Crippen LogP contribution < -0.4 is 9.80 Å². The number of rotatable bonds is 2. The van der Waals surface area contributed by atoms with E-state index in [1.807, 2.05) is 0 Å². The van der Waals surface area contributed by atoms with Gasteiger partial charge in [0.2, 0.25) is 0 Å². The van der Waals surface area contributed by atoms with E-state index in [1.165, 1.54) is 15.4 Å². The molecular weight excluding hydrogens is 271 g/mol. The van der Waals surface area contributed by atoms with Crippen LogP contribution in [-0.4, -0.2) is 68.2 Å². The minimum atomic E-state index is 0.854. The van der Waals surface area contributed by atoms with Gasteiger partial charge in [-0.05, 0) is 0 Å². The van der Waals surface area contributed by atoms with E-state index in [1.54, 1.807) is 0 Å². The van der Waals surface area contributed by atoms with Crippen LogP contribution in [-0.2, 0) is 9.47 Å². The first-order valence-electron chi connectivity index (χ1n) is 5.82. The predicted molar refractivity (Wildman–Crippen MR) is 63.9 cm³/mol. The molecule has 0 saturated carbocycles. The van der Waals surface area contributed by atoms with Crippen LogP contribution in [0.15, 0.2) is 0 Å². The third kappa shape index (κ3) is 1.93. The van der Waals surface area contributed by atoms with Gasteiger partial charge in [0.25, 0.3) is 0 Å². The molecule has 4 nitrogen and oxygen atoms in total. The molecule has 0 unspecified atom stereocenters. The molecule has 5 heteroatoms. The Morgan fingerprint density at radius 2 is 1.12 bits per heavy atom. The summed E-state index contributed by atoms with van der Waals surface area (Å²) in [6.45, 7) is 7.51. The van der Waals surface area contributed by atoms with Crippen molar-refractivity contribution in [3.8, 4) is 0 Å². The molecular formula is C11H16N2O2Se. The fourth-order valence-electron chi connectivity index (χ4n) is 2.31. The minimum absolute atomic E-state index is 0.854. The molecule has 3 rings (SSSR count). The van der Waals surface area contributed by atoms with Crippen molar-refractivity contribution in [2.24, 2.45) is 0 Å². The van der Waals surface area contributed by atoms with Crippen LogP contribution in [0.5, 0.6) is 0 Å². The van der Waals surface area contributed by atoms with E-state index in [0.29, 0.717) is 0 Å². The van der Waals surface area contributed by atoms with Crippen LogP contribution in [0.1, 0.15) is 0 Å². The van der Waals surface area contributed by atoms with Gasteiger partial charge >= 0.3 is 103 Å². The summed E-state index contributed by atoms with van der Waals surface area (Å²) < 4.78 is 12.1. The molecule has 0 aliphatic carbocycles. The normalized spacial score (nSPS) is 23.0. The second-order valence-corrected chi connectivity index (χ2v) is 5.08. The average Bonchev–Trinajstić information content (AvgIpc) is 3.03. The van der Waals surface area contributed by atoms with Crippen molar-refractivity contribution in [3.63, 3.8) is 0 Å². The summed E-state index contributed by atoms with van der Waals surface area (Å²) in [5.74, 6) is 0. The van der Waals surface area contributed by atoms with E-state index >= 15 is 0 Å². The Bertz CT molecular complexity index is 341. The van der Waals surface area contributed by atoms with Gasteiger partial charge in [0.05, 0.1) is 0 Å². The maximum atomic E-state index is 5.38. The third-order valence-corrected chi connectivity index (χ3v) is 4.06. The second kappa shape index (κ2) is 4.49. The Morgan fingerprint density at radius 1 is 0.750 bits per heavy atom. The van der Waals surface area contributed by atoms with Crippen LogP contribution in [0.25, 0.3) is 0 Å². The molecule has 1 aromatic carbocycles. The van der Waals surface area contributed by atoms with Crippen LogP contribution in [0.2, 0.25) is 0 Å². The van der Waals surface area contributed by atoms with Gasteiger partial charge in [-0.15, -0.1) is 0 Å². The fourth-order valence-corrected chi connectivity index (χ4v) is 3.15. The molecule has 2 saturated heterocycles. The van der Waals surface area contributed by atoms with Crippen LogP contribution >= 0.6 is 0 Å². The molecule has 1 aromatic rings. The average molecular weight is 287 g/mol. The number of morpholine rings is 2. The number of hydrogen-bond acceptors (Lipinski definition) is 4. The van der Waals surface area contributed by atoms with Gasteiger partial charge in [0.15, 0.2) is 0 Å². The number of nitrogens with zero attached hydrogens (tertiary/aromatic N) is 2. The molecule has 0 aromatic heterocycles. The van der Waals surface area contributed by atoms with E-state index in [4.69, 9.17) is 9.47 Å². The van der Waals surface area contributed by atoms with Crippen molar-refractivity contribution in [1.82, 2.24) is 0 Å². The van der Waals surface area contributed by atoms with Crippen molar-refractivity contribution in [3.05, 3.63) is 4.06 Å². The molecule has 2 heterocycles. The van der Waals surface area contributed by atoms with Crippen molar-refractivity contribution in [2.45, 2.75) is 0 Å². The molecule has 88 valence electrons. The first-order chi connectivity index (χ1) is 7.88. The van der Waals surface area contributed by atoms with Crippen molar-refractivity contribution in [1.29, 1.82) is 0 Å². The third-order valence-electron chi connectivity index (χ3n) is 3.25. The summed E-state index contributed by atoms with van der Waals surface area (Å²) in [5.41, 5.74) is 2.84. The molecule has 0 radical (unpaired) electrons. The van der Waals surface area contributed by atoms with Gasteiger partial charge in [-0.25, -0.2) is 0 Å². The van der Waals surface area contributed by atoms with Gasteiger partial charge in [0, 0.05) is 0 Å². The Labute approximate surface area is 103 Å². The zero-order valence-electron chi connectivity index (χ0n) is 9.28. The van der Waals surface area contributed by atoms with Crippen LogP contribution in [0.3, 0.4) is 0 Å². The van der Waals surface area contributed by atoms with Crippen molar-refractivity contribution >= 4 is 27.0 Å². The molecule has 2 fully saturated rings. The van der Waals surface area contributed by atoms with Crippen molar-refractivity contribution < 1.29 is 9.47 Å². The summed E-state index contributed by atoms with van der Waals surface area (Å²) in [4.78, 5) is 4.86. The Balaban J connectivity index is 1.70. The molecule has 0 N–H and O–H groups in total. The van der Waals surface area contributed by atoms with E-state index in [0.717, 1.165) is 52.6 Å². The Kier molecular flexibility index (Phi) is 3.03. The summed E-state index contributed by atoms with van der Waals surface area (Å²) in [7, 11) is 0. The molecule has 0 bridgehead atoms. The Hall–Kier alpha value is -0.351. The first kappa shape index (κ1) is 10.8. The Morgan fingerprint density at radius 3 is 1.50 bits per heavy atom. The first-order valence-corrected chi connectivity index (χ1v) is 6.68. The van der Waals surface area contributed by atoms with Gasteiger partial charge in [0.1, 0.15) is 0 Å². The van der Waals surface area contributed by atoms with Crippen LogP contribution in [0.4, 0.5) is 11.4 Å². The van der Waals surface area contributed by atoms with Crippen molar-refractivity contribution in [2.75, 3.05) is 62.4 Å². The van der Waals surface area contributed by atoms with Gasteiger partial charge < -0.3 is 0 Å². The van der Waals surface area contributed by atoms with E-state index in [9.17, 15) is 0 Å². The zero-order valence-corrected chi connectivity index (χ0v) is 11.0. The fraction of sp³-hybridized carbons (Fsp3) is 0.727. The summed E-state index contributed by atoms with van der Waals surface area (Å²) in [6, 6.07) is 0. The van der Waals surface area contributed by atoms with Gasteiger partial charge in [-0.1, -0.05) is 0 Å². The number of hydrogen-bond donors (Lipinski definition) is 0. The van der Waals surface area contributed by atoms with E-state index in [-0.39, 0.29) is 0 Å². The molecule has 16 heavy (non-hydrogen) atoms.